The molecule has 1 aliphatic heterocycles. The normalized spacial score (nSPS) is 13.0. The number of hydrogen-bond donors (Lipinski definition) is 0. The summed E-state index contributed by atoms with van der Waals surface area (Å²) in [4.78, 5) is 26.9. The van der Waals surface area contributed by atoms with E-state index in [9.17, 15) is 9.59 Å². The van der Waals surface area contributed by atoms with Crippen LogP contribution in [0.4, 0.5) is 10.1 Å². The lowest BCUT2D eigenvalue weighted by Gasteiger charge is -2.20. The summed E-state index contributed by atoms with van der Waals surface area (Å²) in [5, 5.41) is 1.62. The molecular weight excluding hydrogens is 449 g/mol. The van der Waals surface area contributed by atoms with E-state index in [-0.39, 0.29) is 43.4 Å². The van der Waals surface area contributed by atoms with Gasteiger partial charge in [0, 0.05) is 16.3 Å². The summed E-state index contributed by atoms with van der Waals surface area (Å²) < 4.78 is 32.5. The van der Waals surface area contributed by atoms with Crippen LogP contribution in [-0.4, -0.2) is 30.7 Å². The molecule has 0 fully saturated rings. The topological polar surface area (TPSA) is 65.1 Å². The molecule has 0 aliphatic carbocycles. The first-order chi connectivity index (χ1) is 16.7. The minimum atomic E-state index is -0.588. The molecule has 0 radical (unpaired) electrons. The van der Waals surface area contributed by atoms with Gasteiger partial charge < -0.3 is 19.1 Å². The quantitative estimate of drug-likeness (QED) is 0.381. The van der Waals surface area contributed by atoms with Crippen molar-refractivity contribution in [3.63, 3.8) is 0 Å². The Morgan fingerprint density at radius 3 is 2.23 bits per heavy atom. The van der Waals surface area contributed by atoms with Crippen LogP contribution in [0.5, 0.6) is 11.5 Å². The van der Waals surface area contributed by atoms with E-state index in [1.807, 2.05) is 52.0 Å². The number of nitrogens with zero attached hydrogens (tertiary/aromatic N) is 1. The maximum atomic E-state index is 15.2. The lowest BCUT2D eigenvalue weighted by Crippen LogP contribution is -2.24. The van der Waals surface area contributed by atoms with E-state index >= 15 is 4.39 Å². The number of amides is 1. The zero-order chi connectivity index (χ0) is 25.3. The van der Waals surface area contributed by atoms with Crippen LogP contribution in [0.1, 0.15) is 56.1 Å². The Bertz CT molecular complexity index is 1280. The predicted molar refractivity (Wildman–Crippen MR) is 133 cm³/mol. The van der Waals surface area contributed by atoms with Crippen molar-refractivity contribution in [1.82, 2.24) is 0 Å². The van der Waals surface area contributed by atoms with Crippen LogP contribution >= 0.6 is 0 Å². The molecule has 0 atom stereocenters. The Morgan fingerprint density at radius 1 is 1.00 bits per heavy atom. The van der Waals surface area contributed by atoms with Crippen molar-refractivity contribution >= 4 is 28.3 Å². The van der Waals surface area contributed by atoms with E-state index in [4.69, 9.17) is 14.2 Å². The van der Waals surface area contributed by atoms with Gasteiger partial charge in [-0.1, -0.05) is 30.3 Å². The number of halogens is 1. The number of rotatable bonds is 8. The molecule has 0 aromatic heterocycles. The maximum Gasteiger partial charge on any atom is 0.310 e. The largest absolute Gasteiger partial charge is 0.490 e. The van der Waals surface area contributed by atoms with Crippen LogP contribution in [0.25, 0.3) is 10.8 Å². The predicted octanol–water partition coefficient (Wildman–Crippen LogP) is 5.82. The molecule has 0 saturated carbocycles. The summed E-state index contributed by atoms with van der Waals surface area (Å²) in [6, 6.07) is 12.1. The van der Waals surface area contributed by atoms with Crippen molar-refractivity contribution in [1.29, 1.82) is 0 Å². The molecule has 0 unspecified atom stereocenters. The van der Waals surface area contributed by atoms with Gasteiger partial charge in [0.25, 0.3) is 5.91 Å². The van der Waals surface area contributed by atoms with Gasteiger partial charge in [-0.05, 0) is 52.3 Å². The molecule has 4 rings (SSSR count). The van der Waals surface area contributed by atoms with Gasteiger partial charge in [0.1, 0.15) is 17.3 Å². The first-order valence-electron chi connectivity index (χ1n) is 11.9. The Morgan fingerprint density at radius 2 is 1.63 bits per heavy atom. The van der Waals surface area contributed by atoms with Crippen LogP contribution in [0, 0.1) is 5.82 Å². The molecule has 1 aliphatic rings. The molecule has 0 spiro atoms. The Kier molecular flexibility index (Phi) is 6.96. The number of fused-ring (bicyclic) bond motifs is 2. The SMILES string of the molecule is CCOC(=O)Cc1ccc(N2Cc3c(c(OC(C)C)c4ccccc4c3OC(C)C)C2=O)c(F)c1. The van der Waals surface area contributed by atoms with Crippen molar-refractivity contribution in [2.45, 2.75) is 59.8 Å². The van der Waals surface area contributed by atoms with Crippen LogP contribution in [0.15, 0.2) is 42.5 Å². The molecule has 0 N–H and O–H groups in total. The number of anilines is 1. The molecule has 184 valence electrons. The van der Waals surface area contributed by atoms with E-state index in [1.54, 1.807) is 13.0 Å². The van der Waals surface area contributed by atoms with E-state index in [1.165, 1.54) is 17.0 Å². The molecular formula is C28H30FNO5. The highest BCUT2D eigenvalue weighted by Gasteiger charge is 2.38. The number of ether oxygens (including phenoxy) is 3. The van der Waals surface area contributed by atoms with Crippen molar-refractivity contribution in [3.05, 3.63) is 65.0 Å². The van der Waals surface area contributed by atoms with Gasteiger partial charge in [-0.2, -0.15) is 0 Å². The third-order valence-electron chi connectivity index (χ3n) is 5.66. The second-order valence-electron chi connectivity index (χ2n) is 9.05. The van der Waals surface area contributed by atoms with Gasteiger partial charge in [0.05, 0.1) is 43.0 Å². The molecule has 3 aromatic rings. The molecule has 35 heavy (non-hydrogen) atoms. The second kappa shape index (κ2) is 9.94. The molecule has 0 bridgehead atoms. The Hall–Kier alpha value is -3.61. The number of esters is 1. The second-order valence-corrected chi connectivity index (χ2v) is 9.05. The fraction of sp³-hybridized carbons (Fsp3) is 0.357. The summed E-state index contributed by atoms with van der Waals surface area (Å²) >= 11 is 0. The summed E-state index contributed by atoms with van der Waals surface area (Å²) in [6.07, 6.45) is -0.328. The molecule has 1 heterocycles. The number of hydrogen-bond acceptors (Lipinski definition) is 5. The Labute approximate surface area is 204 Å². The molecule has 1 amide bonds. The van der Waals surface area contributed by atoms with Crippen molar-refractivity contribution < 1.29 is 28.2 Å². The summed E-state index contributed by atoms with van der Waals surface area (Å²) in [7, 11) is 0. The molecule has 7 heteroatoms. The fourth-order valence-corrected chi connectivity index (χ4v) is 4.35. The highest BCUT2D eigenvalue weighted by Crippen LogP contribution is 2.47. The van der Waals surface area contributed by atoms with Gasteiger partial charge in [0.2, 0.25) is 0 Å². The van der Waals surface area contributed by atoms with Gasteiger partial charge in [-0.3, -0.25) is 9.59 Å². The van der Waals surface area contributed by atoms with Crippen molar-refractivity contribution in [2.75, 3.05) is 11.5 Å². The Balaban J connectivity index is 1.81. The summed E-state index contributed by atoms with van der Waals surface area (Å²) in [5.41, 5.74) is 1.68. The highest BCUT2D eigenvalue weighted by molar-refractivity contribution is 6.17. The minimum Gasteiger partial charge on any atom is -0.490 e. The van der Waals surface area contributed by atoms with Gasteiger partial charge in [-0.25, -0.2) is 4.39 Å². The minimum absolute atomic E-state index is 0.0383. The zero-order valence-electron chi connectivity index (χ0n) is 20.7. The van der Waals surface area contributed by atoms with Gasteiger partial charge >= 0.3 is 5.97 Å². The van der Waals surface area contributed by atoms with Crippen LogP contribution in [-0.2, 0) is 22.5 Å². The third-order valence-corrected chi connectivity index (χ3v) is 5.66. The van der Waals surface area contributed by atoms with E-state index < -0.39 is 11.8 Å². The lowest BCUT2D eigenvalue weighted by molar-refractivity contribution is -0.142. The zero-order valence-corrected chi connectivity index (χ0v) is 20.7. The first-order valence-corrected chi connectivity index (χ1v) is 11.9. The van der Waals surface area contributed by atoms with E-state index in [0.29, 0.717) is 28.2 Å². The number of carbonyl (C=O) groups is 2. The first kappa shape index (κ1) is 24.5. The van der Waals surface area contributed by atoms with Crippen molar-refractivity contribution in [3.8, 4) is 11.5 Å². The van der Waals surface area contributed by atoms with Crippen LogP contribution in [0.3, 0.4) is 0 Å². The number of benzene rings is 3. The standard InChI is InChI=1S/C28H30FNO5/c1-6-33-24(31)14-18-11-12-23(22(29)13-18)30-15-21-25(28(30)32)27(35-17(4)5)20-10-8-7-9-19(20)26(21)34-16(2)3/h7-13,16-17H,6,14-15H2,1-5H3. The van der Waals surface area contributed by atoms with Gasteiger partial charge in [0.15, 0.2) is 0 Å². The highest BCUT2D eigenvalue weighted by atomic mass is 19.1. The monoisotopic (exact) mass is 479 g/mol. The third kappa shape index (κ3) is 4.81. The van der Waals surface area contributed by atoms with Crippen LogP contribution < -0.4 is 14.4 Å². The average Bonchev–Trinajstić information content (AvgIpc) is 3.12. The fourth-order valence-electron chi connectivity index (χ4n) is 4.35. The molecule has 3 aromatic carbocycles. The smallest absolute Gasteiger partial charge is 0.310 e. The maximum absolute atomic E-state index is 15.2. The van der Waals surface area contributed by atoms with E-state index in [2.05, 4.69) is 0 Å². The van der Waals surface area contributed by atoms with E-state index in [0.717, 1.165) is 10.8 Å². The average molecular weight is 480 g/mol. The van der Waals surface area contributed by atoms with Crippen molar-refractivity contribution in [2.24, 2.45) is 0 Å². The summed E-state index contributed by atoms with van der Waals surface area (Å²) in [5.74, 6) is -0.283. The molecule has 6 nitrogen and oxygen atoms in total. The summed E-state index contributed by atoms with van der Waals surface area (Å²) in [6.45, 7) is 9.78. The van der Waals surface area contributed by atoms with Crippen LogP contribution in [0.2, 0.25) is 0 Å². The van der Waals surface area contributed by atoms with Gasteiger partial charge in [-0.15, -0.1) is 0 Å². The number of carbonyl (C=O) groups excluding carboxylic acids is 2. The molecule has 0 saturated heterocycles. The lowest BCUT2D eigenvalue weighted by atomic mass is 9.99.